The van der Waals surface area contributed by atoms with E-state index >= 15 is 0 Å². The van der Waals surface area contributed by atoms with E-state index in [1.165, 1.54) is 7.11 Å². The summed E-state index contributed by atoms with van der Waals surface area (Å²) in [7, 11) is 1.53. The zero-order chi connectivity index (χ0) is 15.7. The Kier molecular flexibility index (Phi) is 7.79. The maximum atomic E-state index is 11.9. The van der Waals surface area contributed by atoms with E-state index < -0.39 is 6.10 Å². The van der Waals surface area contributed by atoms with Crippen LogP contribution in [0.5, 0.6) is 5.75 Å². The average Bonchev–Trinajstić information content (AvgIpc) is 2.45. The summed E-state index contributed by atoms with van der Waals surface area (Å²) in [5.74, 6) is 1.07. The lowest BCUT2D eigenvalue weighted by molar-refractivity contribution is 0.0587. The highest BCUT2D eigenvalue weighted by Gasteiger charge is 2.07. The molecule has 5 nitrogen and oxygen atoms in total. The number of carbonyl (C=O) groups is 1. The first-order valence-electron chi connectivity index (χ1n) is 7.21. The largest absolute Gasteiger partial charge is 0.493 e. The fourth-order valence-electron chi connectivity index (χ4n) is 1.70. The molecule has 0 aliphatic rings. The molecule has 118 valence electrons. The molecule has 1 aromatic rings. The van der Waals surface area contributed by atoms with Gasteiger partial charge in [-0.05, 0) is 36.6 Å². The number of rotatable bonds is 9. The molecule has 0 aliphatic heterocycles. The van der Waals surface area contributed by atoms with Crippen molar-refractivity contribution in [2.24, 2.45) is 5.92 Å². The summed E-state index contributed by atoms with van der Waals surface area (Å²) in [5, 5.41) is 12.2. The van der Waals surface area contributed by atoms with E-state index in [1.807, 2.05) is 0 Å². The lowest BCUT2D eigenvalue weighted by atomic mass is 10.2. The van der Waals surface area contributed by atoms with Crippen LogP contribution in [-0.2, 0) is 4.74 Å². The molecule has 0 aromatic heterocycles. The van der Waals surface area contributed by atoms with Crippen LogP contribution in [0, 0.1) is 5.92 Å². The standard InChI is InChI=1S/C16H25NO4/c1-12(2)10-21-15-6-4-13(5-7-15)16(19)17-9-8-14(18)11-20-3/h4-7,12,14,18H,8-11H2,1-3H3,(H,17,19). The van der Waals surface area contributed by atoms with E-state index in [2.05, 4.69) is 19.2 Å². The fraction of sp³-hybridized carbons (Fsp3) is 0.562. The number of carbonyl (C=O) groups excluding carboxylic acids is 1. The van der Waals surface area contributed by atoms with Crippen molar-refractivity contribution in [3.63, 3.8) is 0 Å². The molecule has 21 heavy (non-hydrogen) atoms. The number of amides is 1. The van der Waals surface area contributed by atoms with Crippen molar-refractivity contribution in [2.75, 3.05) is 26.9 Å². The van der Waals surface area contributed by atoms with Gasteiger partial charge in [-0.3, -0.25) is 4.79 Å². The van der Waals surface area contributed by atoms with Gasteiger partial charge in [0.2, 0.25) is 0 Å². The molecule has 0 aliphatic carbocycles. The molecule has 1 rings (SSSR count). The molecular formula is C16H25NO4. The summed E-state index contributed by atoms with van der Waals surface area (Å²) in [6.45, 7) is 5.51. The highest BCUT2D eigenvalue weighted by Crippen LogP contribution is 2.13. The Bertz CT molecular complexity index is 417. The number of ether oxygens (including phenoxy) is 2. The summed E-state index contributed by atoms with van der Waals surface area (Å²) < 4.78 is 10.4. The molecule has 1 unspecified atom stereocenters. The first-order chi connectivity index (χ1) is 10.0. The molecule has 0 radical (unpaired) electrons. The number of benzene rings is 1. The molecule has 0 bridgehead atoms. The van der Waals surface area contributed by atoms with Gasteiger partial charge >= 0.3 is 0 Å². The van der Waals surface area contributed by atoms with Crippen LogP contribution in [0.2, 0.25) is 0 Å². The van der Waals surface area contributed by atoms with Gasteiger partial charge in [-0.2, -0.15) is 0 Å². The fourth-order valence-corrected chi connectivity index (χ4v) is 1.70. The van der Waals surface area contributed by atoms with E-state index in [0.29, 0.717) is 31.1 Å². The van der Waals surface area contributed by atoms with Gasteiger partial charge in [0, 0.05) is 19.2 Å². The monoisotopic (exact) mass is 295 g/mol. The molecule has 1 amide bonds. The van der Waals surface area contributed by atoms with Crippen molar-refractivity contribution in [1.29, 1.82) is 0 Å². The number of aliphatic hydroxyl groups excluding tert-OH is 1. The Balaban J connectivity index is 2.37. The normalized spacial score (nSPS) is 12.2. The van der Waals surface area contributed by atoms with Crippen molar-refractivity contribution in [2.45, 2.75) is 26.4 Å². The predicted molar refractivity (Wildman–Crippen MR) is 81.6 cm³/mol. The van der Waals surface area contributed by atoms with Gasteiger partial charge in [0.1, 0.15) is 5.75 Å². The molecule has 1 atom stereocenters. The van der Waals surface area contributed by atoms with Crippen molar-refractivity contribution >= 4 is 5.91 Å². The Hall–Kier alpha value is -1.59. The first kappa shape index (κ1) is 17.5. The van der Waals surface area contributed by atoms with E-state index in [9.17, 15) is 9.90 Å². The lowest BCUT2D eigenvalue weighted by Crippen LogP contribution is -2.28. The van der Waals surface area contributed by atoms with E-state index in [-0.39, 0.29) is 12.5 Å². The molecule has 0 fully saturated rings. The van der Waals surface area contributed by atoms with Crippen LogP contribution in [0.15, 0.2) is 24.3 Å². The molecule has 2 N–H and O–H groups in total. The van der Waals surface area contributed by atoms with Crippen LogP contribution in [0.25, 0.3) is 0 Å². The minimum absolute atomic E-state index is 0.157. The van der Waals surface area contributed by atoms with E-state index in [4.69, 9.17) is 9.47 Å². The first-order valence-corrected chi connectivity index (χ1v) is 7.21. The van der Waals surface area contributed by atoms with Gasteiger partial charge in [-0.1, -0.05) is 13.8 Å². The van der Waals surface area contributed by atoms with Crippen molar-refractivity contribution < 1.29 is 19.4 Å². The molecule has 5 heteroatoms. The average molecular weight is 295 g/mol. The number of methoxy groups -OCH3 is 1. The highest BCUT2D eigenvalue weighted by atomic mass is 16.5. The van der Waals surface area contributed by atoms with Gasteiger partial charge in [0.05, 0.1) is 19.3 Å². The third kappa shape index (κ3) is 7.11. The topological polar surface area (TPSA) is 67.8 Å². The predicted octanol–water partition coefficient (Wildman–Crippen LogP) is 1.85. The third-order valence-electron chi connectivity index (χ3n) is 2.82. The zero-order valence-electron chi connectivity index (χ0n) is 13.0. The second kappa shape index (κ2) is 9.37. The molecular weight excluding hydrogens is 270 g/mol. The van der Waals surface area contributed by atoms with Gasteiger partial charge in [-0.25, -0.2) is 0 Å². The molecule has 0 heterocycles. The molecule has 0 spiro atoms. The minimum Gasteiger partial charge on any atom is -0.493 e. The Labute approximate surface area is 126 Å². The summed E-state index contributed by atoms with van der Waals surface area (Å²) in [6.07, 6.45) is -0.0862. The van der Waals surface area contributed by atoms with Crippen LogP contribution < -0.4 is 10.1 Å². The number of hydrogen-bond donors (Lipinski definition) is 2. The third-order valence-corrected chi connectivity index (χ3v) is 2.82. The van der Waals surface area contributed by atoms with Gasteiger partial charge < -0.3 is 19.9 Å². The van der Waals surface area contributed by atoms with Gasteiger partial charge in [0.15, 0.2) is 0 Å². The Morgan fingerprint density at radius 2 is 1.90 bits per heavy atom. The SMILES string of the molecule is COCC(O)CCNC(=O)c1ccc(OCC(C)C)cc1. The van der Waals surface area contributed by atoms with E-state index in [0.717, 1.165) is 5.75 Å². The summed E-state index contributed by atoms with van der Waals surface area (Å²) in [6, 6.07) is 7.04. The molecule has 0 saturated heterocycles. The minimum atomic E-state index is -0.554. The smallest absolute Gasteiger partial charge is 0.251 e. The quantitative estimate of drug-likeness (QED) is 0.729. The molecule has 0 saturated carbocycles. The van der Waals surface area contributed by atoms with Gasteiger partial charge in [0.25, 0.3) is 5.91 Å². The van der Waals surface area contributed by atoms with Crippen LogP contribution in [-0.4, -0.2) is 44.0 Å². The van der Waals surface area contributed by atoms with Crippen LogP contribution in [0.1, 0.15) is 30.6 Å². The van der Waals surface area contributed by atoms with Crippen LogP contribution in [0.3, 0.4) is 0 Å². The number of aliphatic hydroxyl groups is 1. The highest BCUT2D eigenvalue weighted by molar-refractivity contribution is 5.94. The van der Waals surface area contributed by atoms with Crippen LogP contribution >= 0.6 is 0 Å². The Morgan fingerprint density at radius 1 is 1.24 bits per heavy atom. The number of hydrogen-bond acceptors (Lipinski definition) is 4. The maximum absolute atomic E-state index is 11.9. The van der Waals surface area contributed by atoms with Crippen molar-refractivity contribution in [3.05, 3.63) is 29.8 Å². The van der Waals surface area contributed by atoms with Crippen LogP contribution in [0.4, 0.5) is 0 Å². The molecule has 1 aromatic carbocycles. The number of nitrogens with one attached hydrogen (secondary N) is 1. The zero-order valence-corrected chi connectivity index (χ0v) is 13.0. The van der Waals surface area contributed by atoms with Gasteiger partial charge in [-0.15, -0.1) is 0 Å². The summed E-state index contributed by atoms with van der Waals surface area (Å²) in [4.78, 5) is 11.9. The van der Waals surface area contributed by atoms with E-state index in [1.54, 1.807) is 24.3 Å². The summed E-state index contributed by atoms with van der Waals surface area (Å²) >= 11 is 0. The Morgan fingerprint density at radius 3 is 2.48 bits per heavy atom. The second-order valence-corrected chi connectivity index (χ2v) is 5.38. The van der Waals surface area contributed by atoms with Crippen molar-refractivity contribution in [1.82, 2.24) is 5.32 Å². The van der Waals surface area contributed by atoms with Crippen molar-refractivity contribution in [3.8, 4) is 5.75 Å². The second-order valence-electron chi connectivity index (χ2n) is 5.38. The lowest BCUT2D eigenvalue weighted by Gasteiger charge is -2.11. The maximum Gasteiger partial charge on any atom is 0.251 e. The summed E-state index contributed by atoms with van der Waals surface area (Å²) in [5.41, 5.74) is 0.577.